The molecular formula is C37H31N3O2. The van der Waals surface area contributed by atoms with Gasteiger partial charge in [-0.3, -0.25) is 9.59 Å². The molecule has 206 valence electrons. The molecule has 0 aliphatic rings. The molecule has 5 nitrogen and oxygen atoms in total. The zero-order valence-electron chi connectivity index (χ0n) is 23.0. The van der Waals surface area contributed by atoms with Crippen LogP contribution in [-0.2, 0) is 16.0 Å². The maximum atomic E-state index is 14.0. The number of carbonyl (C=O) groups excluding carboxylic acids is 2. The molecule has 0 fully saturated rings. The fourth-order valence-electron chi connectivity index (χ4n) is 5.38. The summed E-state index contributed by atoms with van der Waals surface area (Å²) in [6.07, 6.45) is 2.25. The standard InChI is InChI=1S/C37H31N3O2/c41-36(39-31-22-20-27(21-23-31)26-12-4-1-5-13-26)34(24-30-25-38-33-19-11-10-18-32(30)33)40-37(42)35(28-14-6-2-7-15-28)29-16-8-3-9-17-29/h1-23,25,34-35,38H,24H2,(H,39,41)(H,40,42)/t34-/m0/s1. The van der Waals surface area contributed by atoms with Gasteiger partial charge in [0.25, 0.3) is 0 Å². The molecule has 5 heteroatoms. The van der Waals surface area contributed by atoms with Gasteiger partial charge in [-0.15, -0.1) is 0 Å². The van der Waals surface area contributed by atoms with Crippen LogP contribution in [0.1, 0.15) is 22.6 Å². The van der Waals surface area contributed by atoms with Gasteiger partial charge in [-0.05, 0) is 46.0 Å². The number of aromatic amines is 1. The highest BCUT2D eigenvalue weighted by Crippen LogP contribution is 2.26. The highest BCUT2D eigenvalue weighted by molar-refractivity contribution is 5.99. The third-order valence-corrected chi connectivity index (χ3v) is 7.52. The first kappa shape index (κ1) is 26.8. The third-order valence-electron chi connectivity index (χ3n) is 7.52. The number of benzene rings is 5. The minimum Gasteiger partial charge on any atom is -0.361 e. The average Bonchev–Trinajstić information content (AvgIpc) is 3.45. The molecular weight excluding hydrogens is 518 g/mol. The van der Waals surface area contributed by atoms with Crippen molar-refractivity contribution in [1.29, 1.82) is 0 Å². The molecule has 0 saturated heterocycles. The predicted molar refractivity (Wildman–Crippen MR) is 169 cm³/mol. The van der Waals surface area contributed by atoms with Crippen LogP contribution in [0, 0.1) is 0 Å². The number of hydrogen-bond acceptors (Lipinski definition) is 2. The van der Waals surface area contributed by atoms with Gasteiger partial charge in [0.05, 0.1) is 5.92 Å². The lowest BCUT2D eigenvalue weighted by atomic mass is 9.90. The second-order valence-corrected chi connectivity index (χ2v) is 10.3. The van der Waals surface area contributed by atoms with Crippen LogP contribution < -0.4 is 10.6 Å². The number of aromatic nitrogens is 1. The zero-order chi connectivity index (χ0) is 28.7. The minimum absolute atomic E-state index is 0.230. The molecule has 3 N–H and O–H groups in total. The van der Waals surface area contributed by atoms with Gasteiger partial charge in [-0.2, -0.15) is 0 Å². The first-order chi connectivity index (χ1) is 20.7. The minimum atomic E-state index is -0.805. The molecule has 0 spiro atoms. The highest BCUT2D eigenvalue weighted by atomic mass is 16.2. The molecule has 42 heavy (non-hydrogen) atoms. The van der Waals surface area contributed by atoms with Crippen molar-refractivity contribution in [3.05, 3.63) is 162 Å². The van der Waals surface area contributed by atoms with Gasteiger partial charge in [0, 0.05) is 29.2 Å². The summed E-state index contributed by atoms with van der Waals surface area (Å²) in [7, 11) is 0. The van der Waals surface area contributed by atoms with Crippen molar-refractivity contribution in [3.8, 4) is 11.1 Å². The Bertz CT molecular complexity index is 1740. The van der Waals surface area contributed by atoms with Crippen LogP contribution in [0.25, 0.3) is 22.0 Å². The molecule has 0 aliphatic carbocycles. The van der Waals surface area contributed by atoms with E-state index >= 15 is 0 Å². The summed E-state index contributed by atoms with van der Waals surface area (Å²) in [4.78, 5) is 31.1. The molecule has 1 aromatic heterocycles. The van der Waals surface area contributed by atoms with Gasteiger partial charge in [-0.25, -0.2) is 0 Å². The second-order valence-electron chi connectivity index (χ2n) is 10.3. The van der Waals surface area contributed by atoms with Crippen molar-refractivity contribution in [2.75, 3.05) is 5.32 Å². The molecule has 0 radical (unpaired) electrons. The highest BCUT2D eigenvalue weighted by Gasteiger charge is 2.29. The molecule has 1 atom stereocenters. The van der Waals surface area contributed by atoms with Crippen molar-refractivity contribution in [2.24, 2.45) is 0 Å². The van der Waals surface area contributed by atoms with Crippen molar-refractivity contribution < 1.29 is 9.59 Å². The smallest absolute Gasteiger partial charge is 0.247 e. The van der Waals surface area contributed by atoms with Gasteiger partial charge in [-0.1, -0.05) is 121 Å². The van der Waals surface area contributed by atoms with E-state index in [1.165, 1.54) is 0 Å². The van der Waals surface area contributed by atoms with Gasteiger partial charge in [0.1, 0.15) is 6.04 Å². The van der Waals surface area contributed by atoms with E-state index in [2.05, 4.69) is 27.8 Å². The molecule has 0 unspecified atom stereocenters. The van der Waals surface area contributed by atoms with Gasteiger partial charge in [0.2, 0.25) is 11.8 Å². The molecule has 6 rings (SSSR count). The Kier molecular flexibility index (Phi) is 7.91. The van der Waals surface area contributed by atoms with E-state index in [0.29, 0.717) is 12.1 Å². The van der Waals surface area contributed by atoms with Crippen molar-refractivity contribution >= 4 is 28.4 Å². The molecule has 0 saturated carbocycles. The van der Waals surface area contributed by atoms with Crippen LogP contribution in [0.2, 0.25) is 0 Å². The number of rotatable bonds is 9. The van der Waals surface area contributed by atoms with Crippen LogP contribution in [-0.4, -0.2) is 22.8 Å². The summed E-state index contributed by atoms with van der Waals surface area (Å²) in [6, 6.07) is 44.3. The maximum Gasteiger partial charge on any atom is 0.247 e. The first-order valence-electron chi connectivity index (χ1n) is 14.1. The van der Waals surface area contributed by atoms with E-state index in [9.17, 15) is 9.59 Å². The van der Waals surface area contributed by atoms with Gasteiger partial charge < -0.3 is 15.6 Å². The van der Waals surface area contributed by atoms with Crippen LogP contribution in [0.3, 0.4) is 0 Å². The van der Waals surface area contributed by atoms with E-state index in [1.54, 1.807) is 0 Å². The van der Waals surface area contributed by atoms with Gasteiger partial charge in [0.15, 0.2) is 0 Å². The Morgan fingerprint density at radius 1 is 0.595 bits per heavy atom. The van der Waals surface area contributed by atoms with Crippen molar-refractivity contribution in [3.63, 3.8) is 0 Å². The van der Waals surface area contributed by atoms with Crippen LogP contribution in [0.5, 0.6) is 0 Å². The first-order valence-corrected chi connectivity index (χ1v) is 14.1. The molecule has 2 amide bonds. The lowest BCUT2D eigenvalue weighted by Gasteiger charge is -2.23. The normalized spacial score (nSPS) is 11.7. The van der Waals surface area contributed by atoms with E-state index in [-0.39, 0.29) is 11.8 Å². The monoisotopic (exact) mass is 549 g/mol. The van der Waals surface area contributed by atoms with Crippen molar-refractivity contribution in [2.45, 2.75) is 18.4 Å². The number of carbonyl (C=O) groups is 2. The summed E-state index contributed by atoms with van der Waals surface area (Å²) in [5, 5.41) is 7.18. The summed E-state index contributed by atoms with van der Waals surface area (Å²) in [6.45, 7) is 0. The third kappa shape index (κ3) is 6.01. The molecule has 0 bridgehead atoms. The Morgan fingerprint density at radius 2 is 1.14 bits per heavy atom. The number of nitrogens with one attached hydrogen (secondary N) is 3. The average molecular weight is 550 g/mol. The number of para-hydroxylation sites is 1. The summed E-state index contributed by atoms with van der Waals surface area (Å²) in [5.74, 6) is -1.07. The number of anilines is 1. The lowest BCUT2D eigenvalue weighted by Crippen LogP contribution is -2.47. The number of amides is 2. The SMILES string of the molecule is O=C(N[C@@H](Cc1c[nH]c2ccccc12)C(=O)Nc1ccc(-c2ccccc2)cc1)C(c1ccccc1)c1ccccc1. The number of hydrogen-bond donors (Lipinski definition) is 3. The molecule has 0 aliphatic heterocycles. The quantitative estimate of drug-likeness (QED) is 0.177. The fraction of sp³-hybridized carbons (Fsp3) is 0.0811. The Labute approximate surface area is 245 Å². The lowest BCUT2D eigenvalue weighted by molar-refractivity contribution is -0.126. The number of H-pyrrole nitrogens is 1. The fourth-order valence-corrected chi connectivity index (χ4v) is 5.38. The van der Waals surface area contributed by atoms with E-state index in [1.807, 2.05) is 134 Å². The van der Waals surface area contributed by atoms with Crippen LogP contribution in [0.15, 0.2) is 146 Å². The topological polar surface area (TPSA) is 74.0 Å². The van der Waals surface area contributed by atoms with Crippen molar-refractivity contribution in [1.82, 2.24) is 10.3 Å². The van der Waals surface area contributed by atoms with Crippen LogP contribution >= 0.6 is 0 Å². The summed E-state index contributed by atoms with van der Waals surface area (Å²) >= 11 is 0. The predicted octanol–water partition coefficient (Wildman–Crippen LogP) is 7.33. The van der Waals surface area contributed by atoms with E-state index in [4.69, 9.17) is 0 Å². The summed E-state index contributed by atoms with van der Waals surface area (Å²) in [5.41, 5.74) is 6.51. The van der Waals surface area contributed by atoms with E-state index in [0.717, 1.165) is 38.7 Å². The molecule has 6 aromatic rings. The summed E-state index contributed by atoms with van der Waals surface area (Å²) < 4.78 is 0. The largest absolute Gasteiger partial charge is 0.361 e. The van der Waals surface area contributed by atoms with Crippen LogP contribution in [0.4, 0.5) is 5.69 Å². The van der Waals surface area contributed by atoms with E-state index < -0.39 is 12.0 Å². The maximum absolute atomic E-state index is 14.0. The Morgan fingerprint density at radius 3 is 1.79 bits per heavy atom. The zero-order valence-corrected chi connectivity index (χ0v) is 23.0. The molecule has 5 aromatic carbocycles. The Balaban J connectivity index is 1.29. The molecule has 1 heterocycles. The Hall–Kier alpha value is -5.42. The number of fused-ring (bicyclic) bond motifs is 1. The van der Waals surface area contributed by atoms with Gasteiger partial charge >= 0.3 is 0 Å². The second kappa shape index (κ2) is 12.4.